The van der Waals surface area contributed by atoms with Gasteiger partial charge >= 0.3 is 0 Å². The number of nitrogens with one attached hydrogen (secondary N) is 1. The number of hydrogen-bond acceptors (Lipinski definition) is 2. The van der Waals surface area contributed by atoms with Crippen LogP contribution in [0.25, 0.3) is 11.1 Å². The minimum Gasteiger partial charge on any atom is -0.271 e. The predicted octanol–water partition coefficient (Wildman–Crippen LogP) is 4.05. The van der Waals surface area contributed by atoms with E-state index in [4.69, 9.17) is 5.84 Å². The van der Waals surface area contributed by atoms with E-state index >= 15 is 0 Å². The molecule has 1 unspecified atom stereocenters. The molecule has 19 heavy (non-hydrogen) atoms. The predicted molar refractivity (Wildman–Crippen MR) is 81.5 cm³/mol. The monoisotopic (exact) mass is 254 g/mol. The first-order chi connectivity index (χ1) is 9.35. The van der Waals surface area contributed by atoms with E-state index in [1.165, 1.54) is 29.5 Å². The number of rotatable bonds is 6. The highest BCUT2D eigenvalue weighted by atomic mass is 15.2. The SMILES string of the molecule is CCCCC(NN)c1ccc(-c2ccccc2)cc1. The summed E-state index contributed by atoms with van der Waals surface area (Å²) in [4.78, 5) is 0. The second-order valence-electron chi connectivity index (χ2n) is 4.85. The van der Waals surface area contributed by atoms with Gasteiger partial charge in [0.25, 0.3) is 0 Å². The molecular formula is C17H22N2. The van der Waals surface area contributed by atoms with Gasteiger partial charge in [-0.25, -0.2) is 0 Å². The molecule has 0 heterocycles. The van der Waals surface area contributed by atoms with E-state index in [-0.39, 0.29) is 6.04 Å². The fourth-order valence-electron chi connectivity index (χ4n) is 2.29. The van der Waals surface area contributed by atoms with Crippen molar-refractivity contribution in [2.75, 3.05) is 0 Å². The summed E-state index contributed by atoms with van der Waals surface area (Å²) >= 11 is 0. The van der Waals surface area contributed by atoms with Crippen LogP contribution in [-0.2, 0) is 0 Å². The summed E-state index contributed by atoms with van der Waals surface area (Å²) in [7, 11) is 0. The van der Waals surface area contributed by atoms with Crippen molar-refractivity contribution in [2.45, 2.75) is 32.2 Å². The van der Waals surface area contributed by atoms with E-state index < -0.39 is 0 Å². The summed E-state index contributed by atoms with van der Waals surface area (Å²) in [5, 5.41) is 0. The molecule has 0 aliphatic heterocycles. The van der Waals surface area contributed by atoms with Crippen molar-refractivity contribution in [1.29, 1.82) is 0 Å². The topological polar surface area (TPSA) is 38.0 Å². The van der Waals surface area contributed by atoms with E-state index in [0.29, 0.717) is 0 Å². The fourth-order valence-corrected chi connectivity index (χ4v) is 2.29. The van der Waals surface area contributed by atoms with Gasteiger partial charge in [0.2, 0.25) is 0 Å². The van der Waals surface area contributed by atoms with Crippen molar-refractivity contribution in [3.63, 3.8) is 0 Å². The summed E-state index contributed by atoms with van der Waals surface area (Å²) in [6.07, 6.45) is 3.47. The minimum absolute atomic E-state index is 0.254. The van der Waals surface area contributed by atoms with Crippen LogP contribution >= 0.6 is 0 Å². The van der Waals surface area contributed by atoms with Crippen LogP contribution in [-0.4, -0.2) is 0 Å². The molecule has 2 aromatic carbocycles. The lowest BCUT2D eigenvalue weighted by Gasteiger charge is -2.16. The Morgan fingerprint density at radius 3 is 2.16 bits per heavy atom. The lowest BCUT2D eigenvalue weighted by Crippen LogP contribution is -2.27. The molecule has 100 valence electrons. The van der Waals surface area contributed by atoms with Crippen LogP contribution in [0.1, 0.15) is 37.8 Å². The van der Waals surface area contributed by atoms with Gasteiger partial charge in [-0.1, -0.05) is 74.4 Å². The molecule has 2 nitrogen and oxygen atoms in total. The highest BCUT2D eigenvalue weighted by molar-refractivity contribution is 5.63. The molecule has 0 bridgehead atoms. The largest absolute Gasteiger partial charge is 0.271 e. The van der Waals surface area contributed by atoms with Crippen LogP contribution in [0, 0.1) is 0 Å². The summed E-state index contributed by atoms with van der Waals surface area (Å²) in [6.45, 7) is 2.20. The zero-order valence-electron chi connectivity index (χ0n) is 11.5. The number of hydrogen-bond donors (Lipinski definition) is 2. The molecule has 0 fully saturated rings. The van der Waals surface area contributed by atoms with Crippen molar-refractivity contribution in [3.8, 4) is 11.1 Å². The molecule has 0 radical (unpaired) electrons. The van der Waals surface area contributed by atoms with Gasteiger partial charge in [0.1, 0.15) is 0 Å². The molecule has 0 saturated heterocycles. The Kier molecular flexibility index (Phi) is 5.13. The molecule has 2 aromatic rings. The maximum absolute atomic E-state index is 5.64. The van der Waals surface area contributed by atoms with E-state index in [1.54, 1.807) is 0 Å². The first kappa shape index (κ1) is 13.8. The van der Waals surface area contributed by atoms with Crippen molar-refractivity contribution in [2.24, 2.45) is 5.84 Å². The number of hydrazine groups is 1. The second kappa shape index (κ2) is 7.07. The van der Waals surface area contributed by atoms with Crippen LogP contribution in [0.15, 0.2) is 54.6 Å². The molecule has 1 atom stereocenters. The molecule has 0 aromatic heterocycles. The van der Waals surface area contributed by atoms with Crippen LogP contribution in [0.4, 0.5) is 0 Å². The Bertz CT molecular complexity index is 476. The van der Waals surface area contributed by atoms with Crippen molar-refractivity contribution < 1.29 is 0 Å². The zero-order chi connectivity index (χ0) is 13.5. The van der Waals surface area contributed by atoms with Crippen molar-refractivity contribution in [3.05, 3.63) is 60.2 Å². The van der Waals surface area contributed by atoms with Crippen LogP contribution in [0.2, 0.25) is 0 Å². The first-order valence-electron chi connectivity index (χ1n) is 6.96. The molecule has 3 N–H and O–H groups in total. The van der Waals surface area contributed by atoms with Gasteiger partial charge in [-0.15, -0.1) is 0 Å². The molecule has 0 saturated carbocycles. The Morgan fingerprint density at radius 2 is 1.58 bits per heavy atom. The third-order valence-corrected chi connectivity index (χ3v) is 3.47. The maximum Gasteiger partial charge on any atom is 0.0460 e. The summed E-state index contributed by atoms with van der Waals surface area (Å²) in [5.74, 6) is 5.64. The molecule has 0 spiro atoms. The summed E-state index contributed by atoms with van der Waals surface area (Å²) in [6, 6.07) is 19.4. The molecule has 2 heteroatoms. The Morgan fingerprint density at radius 1 is 0.947 bits per heavy atom. The second-order valence-corrected chi connectivity index (χ2v) is 4.85. The first-order valence-corrected chi connectivity index (χ1v) is 6.96. The highest BCUT2D eigenvalue weighted by Crippen LogP contribution is 2.23. The van der Waals surface area contributed by atoms with Gasteiger partial charge in [-0.2, -0.15) is 0 Å². The average Bonchev–Trinajstić information content (AvgIpc) is 2.49. The molecule has 0 amide bonds. The van der Waals surface area contributed by atoms with Crippen molar-refractivity contribution >= 4 is 0 Å². The smallest absolute Gasteiger partial charge is 0.0460 e. The minimum atomic E-state index is 0.254. The quantitative estimate of drug-likeness (QED) is 0.603. The van der Waals surface area contributed by atoms with Gasteiger partial charge in [-0.3, -0.25) is 11.3 Å². The Labute approximate surface area is 115 Å². The van der Waals surface area contributed by atoms with E-state index in [0.717, 1.165) is 6.42 Å². The van der Waals surface area contributed by atoms with E-state index in [1.807, 2.05) is 6.07 Å². The average molecular weight is 254 g/mol. The van der Waals surface area contributed by atoms with Gasteiger partial charge < -0.3 is 0 Å². The van der Waals surface area contributed by atoms with Crippen LogP contribution in [0.3, 0.4) is 0 Å². The number of nitrogens with two attached hydrogens (primary N) is 1. The van der Waals surface area contributed by atoms with Gasteiger partial charge in [0, 0.05) is 6.04 Å². The molecular weight excluding hydrogens is 232 g/mol. The maximum atomic E-state index is 5.64. The Balaban J connectivity index is 2.13. The van der Waals surface area contributed by atoms with Crippen LogP contribution < -0.4 is 11.3 Å². The van der Waals surface area contributed by atoms with Gasteiger partial charge in [0.05, 0.1) is 0 Å². The normalized spacial score (nSPS) is 12.3. The van der Waals surface area contributed by atoms with E-state index in [9.17, 15) is 0 Å². The summed E-state index contributed by atoms with van der Waals surface area (Å²) < 4.78 is 0. The highest BCUT2D eigenvalue weighted by Gasteiger charge is 2.08. The lowest BCUT2D eigenvalue weighted by atomic mass is 9.98. The fraction of sp³-hybridized carbons (Fsp3) is 0.294. The van der Waals surface area contributed by atoms with Gasteiger partial charge in [0.15, 0.2) is 0 Å². The van der Waals surface area contributed by atoms with E-state index in [2.05, 4.69) is 60.9 Å². The third kappa shape index (κ3) is 3.66. The standard InChI is InChI=1S/C17H22N2/c1-2-3-9-17(19-18)16-12-10-15(11-13-16)14-7-5-4-6-8-14/h4-8,10-13,17,19H,2-3,9,18H2,1H3. The summed E-state index contributed by atoms with van der Waals surface area (Å²) in [5.41, 5.74) is 6.67. The number of unbranched alkanes of at least 4 members (excludes halogenated alkanes) is 1. The molecule has 2 rings (SSSR count). The lowest BCUT2D eigenvalue weighted by molar-refractivity contribution is 0.495. The molecule has 0 aliphatic carbocycles. The third-order valence-electron chi connectivity index (χ3n) is 3.47. The molecule has 0 aliphatic rings. The van der Waals surface area contributed by atoms with Crippen molar-refractivity contribution in [1.82, 2.24) is 5.43 Å². The zero-order valence-corrected chi connectivity index (χ0v) is 11.5. The van der Waals surface area contributed by atoms with Crippen LogP contribution in [0.5, 0.6) is 0 Å². The number of benzene rings is 2. The Hall–Kier alpha value is -1.64. The van der Waals surface area contributed by atoms with Gasteiger partial charge in [-0.05, 0) is 23.1 Å².